The fourth-order valence-corrected chi connectivity index (χ4v) is 2.88. The number of halogens is 1. The summed E-state index contributed by atoms with van der Waals surface area (Å²) in [5, 5.41) is 4.44. The van der Waals surface area contributed by atoms with Crippen LogP contribution in [0.5, 0.6) is 0 Å². The first-order chi connectivity index (χ1) is 7.99. The second-order valence-corrected chi connectivity index (χ2v) is 5.53. The van der Waals surface area contributed by atoms with E-state index in [4.69, 9.17) is 11.6 Å². The summed E-state index contributed by atoms with van der Waals surface area (Å²) in [6, 6.07) is 0. The predicted octanol–water partition coefficient (Wildman–Crippen LogP) is 2.19. The van der Waals surface area contributed by atoms with Crippen molar-refractivity contribution in [1.29, 1.82) is 0 Å². The van der Waals surface area contributed by atoms with Gasteiger partial charge in [0, 0.05) is 20.1 Å². The van der Waals surface area contributed by atoms with E-state index in [9.17, 15) is 4.79 Å². The quantitative estimate of drug-likeness (QED) is 0.772. The summed E-state index contributed by atoms with van der Waals surface area (Å²) >= 11 is 6.00. The van der Waals surface area contributed by atoms with E-state index >= 15 is 0 Å². The average molecular weight is 256 g/mol. The monoisotopic (exact) mass is 255 g/mol. The van der Waals surface area contributed by atoms with E-state index in [1.165, 1.54) is 12.6 Å². The largest absolute Gasteiger partial charge is 0.337 e. The Morgan fingerprint density at radius 1 is 1.41 bits per heavy atom. The van der Waals surface area contributed by atoms with Crippen molar-refractivity contribution >= 4 is 17.5 Å². The molecule has 1 aromatic heterocycles. The Morgan fingerprint density at radius 2 is 2.00 bits per heavy atom. The lowest BCUT2D eigenvalue weighted by molar-refractivity contribution is 0.0612. The van der Waals surface area contributed by atoms with Gasteiger partial charge in [-0.2, -0.15) is 5.10 Å². The van der Waals surface area contributed by atoms with E-state index in [0.717, 1.165) is 13.1 Å². The Bertz CT molecular complexity index is 400. The van der Waals surface area contributed by atoms with Gasteiger partial charge in [-0.25, -0.2) is 0 Å². The molecule has 1 aromatic rings. The van der Waals surface area contributed by atoms with Crippen molar-refractivity contribution in [3.8, 4) is 0 Å². The second-order valence-electron chi connectivity index (χ2n) is 5.12. The highest BCUT2D eigenvalue weighted by Crippen LogP contribution is 2.24. The van der Waals surface area contributed by atoms with Gasteiger partial charge >= 0.3 is 0 Å². The van der Waals surface area contributed by atoms with E-state index in [0.29, 0.717) is 22.6 Å². The summed E-state index contributed by atoms with van der Waals surface area (Å²) in [5.41, 5.74) is 0.493. The highest BCUT2D eigenvalue weighted by atomic mass is 35.5. The van der Waals surface area contributed by atoms with E-state index < -0.39 is 0 Å². The van der Waals surface area contributed by atoms with Crippen molar-refractivity contribution in [2.24, 2.45) is 18.9 Å². The van der Waals surface area contributed by atoms with Crippen LogP contribution in [-0.4, -0.2) is 33.7 Å². The van der Waals surface area contributed by atoms with E-state index in [1.54, 1.807) is 11.7 Å². The summed E-state index contributed by atoms with van der Waals surface area (Å²) in [7, 11) is 1.75. The molecule has 0 aliphatic carbocycles. The molecule has 1 aliphatic heterocycles. The van der Waals surface area contributed by atoms with Gasteiger partial charge in [0.15, 0.2) is 0 Å². The van der Waals surface area contributed by atoms with Crippen LogP contribution in [0.3, 0.4) is 0 Å². The Labute approximate surface area is 107 Å². The molecule has 1 fully saturated rings. The third-order valence-corrected chi connectivity index (χ3v) is 3.53. The molecular weight excluding hydrogens is 238 g/mol. The van der Waals surface area contributed by atoms with Crippen molar-refractivity contribution in [2.45, 2.75) is 20.3 Å². The third kappa shape index (κ3) is 2.46. The predicted molar refractivity (Wildman–Crippen MR) is 67.1 cm³/mol. The molecule has 0 saturated carbocycles. The SMILES string of the molecule is C[C@@H]1C[C@@H](C)CN(C(=O)c2c(Cl)cnn2C)C1. The molecule has 0 bridgehead atoms. The van der Waals surface area contributed by atoms with Crippen molar-refractivity contribution in [3.63, 3.8) is 0 Å². The van der Waals surface area contributed by atoms with Gasteiger partial charge in [-0.1, -0.05) is 25.4 Å². The van der Waals surface area contributed by atoms with Crippen LogP contribution in [0.2, 0.25) is 5.02 Å². The summed E-state index contributed by atoms with van der Waals surface area (Å²) in [6.07, 6.45) is 2.70. The molecule has 2 rings (SSSR count). The molecule has 0 unspecified atom stereocenters. The smallest absolute Gasteiger partial charge is 0.273 e. The van der Waals surface area contributed by atoms with Crippen LogP contribution < -0.4 is 0 Å². The minimum atomic E-state index is -0.00611. The number of likely N-dealkylation sites (tertiary alicyclic amines) is 1. The van der Waals surface area contributed by atoms with Crippen LogP contribution in [0.4, 0.5) is 0 Å². The van der Waals surface area contributed by atoms with E-state index in [-0.39, 0.29) is 5.91 Å². The Balaban J connectivity index is 2.20. The van der Waals surface area contributed by atoms with Gasteiger partial charge in [-0.3, -0.25) is 9.48 Å². The zero-order valence-electron chi connectivity index (χ0n) is 10.5. The molecule has 1 amide bonds. The first kappa shape index (κ1) is 12.4. The lowest BCUT2D eigenvalue weighted by Crippen LogP contribution is -2.43. The zero-order valence-corrected chi connectivity index (χ0v) is 11.2. The minimum absolute atomic E-state index is 0.00611. The maximum atomic E-state index is 12.4. The molecule has 0 spiro atoms. The van der Waals surface area contributed by atoms with Crippen molar-refractivity contribution in [2.75, 3.05) is 13.1 Å². The molecule has 5 heteroatoms. The molecule has 2 heterocycles. The second kappa shape index (κ2) is 4.69. The molecular formula is C12H18ClN3O. The molecule has 1 saturated heterocycles. The van der Waals surface area contributed by atoms with Gasteiger partial charge in [0.05, 0.1) is 11.2 Å². The maximum Gasteiger partial charge on any atom is 0.273 e. The number of carbonyl (C=O) groups is 1. The molecule has 94 valence electrons. The van der Waals surface area contributed by atoms with Crippen LogP contribution in [0.15, 0.2) is 6.20 Å². The lowest BCUT2D eigenvalue weighted by atomic mass is 9.92. The molecule has 0 aromatic carbocycles. The van der Waals surface area contributed by atoms with Gasteiger partial charge in [0.25, 0.3) is 5.91 Å². The van der Waals surface area contributed by atoms with Crippen LogP contribution in [0.1, 0.15) is 30.8 Å². The molecule has 1 aliphatic rings. The van der Waals surface area contributed by atoms with Gasteiger partial charge in [0.1, 0.15) is 5.69 Å². The number of rotatable bonds is 1. The first-order valence-corrected chi connectivity index (χ1v) is 6.33. The number of hydrogen-bond donors (Lipinski definition) is 0. The summed E-state index contributed by atoms with van der Waals surface area (Å²) in [5.74, 6) is 1.10. The summed E-state index contributed by atoms with van der Waals surface area (Å²) in [6.45, 7) is 5.98. The first-order valence-electron chi connectivity index (χ1n) is 5.95. The number of aromatic nitrogens is 2. The fraction of sp³-hybridized carbons (Fsp3) is 0.667. The summed E-state index contributed by atoms with van der Waals surface area (Å²) < 4.78 is 1.55. The Kier molecular flexibility index (Phi) is 3.43. The molecule has 17 heavy (non-hydrogen) atoms. The zero-order chi connectivity index (χ0) is 12.6. The fourth-order valence-electron chi connectivity index (χ4n) is 2.63. The highest BCUT2D eigenvalue weighted by Gasteiger charge is 2.28. The molecule has 0 N–H and O–H groups in total. The summed E-state index contributed by atoms with van der Waals surface area (Å²) in [4.78, 5) is 14.3. The van der Waals surface area contributed by atoms with Crippen molar-refractivity contribution in [1.82, 2.24) is 14.7 Å². The third-order valence-electron chi connectivity index (χ3n) is 3.25. The van der Waals surface area contributed by atoms with Crippen LogP contribution in [0.25, 0.3) is 0 Å². The normalized spacial score (nSPS) is 25.1. The Hall–Kier alpha value is -1.03. The standard InChI is InChI=1S/C12H18ClN3O/c1-8-4-9(2)7-16(6-8)12(17)11-10(13)5-14-15(11)3/h5,8-9H,4,6-7H2,1-3H3/t8-,9-/m1/s1. The number of piperidine rings is 1. The van der Waals surface area contributed by atoms with Gasteiger partial charge in [0.2, 0.25) is 0 Å². The van der Waals surface area contributed by atoms with E-state index in [2.05, 4.69) is 18.9 Å². The molecule has 2 atom stereocenters. The molecule has 0 radical (unpaired) electrons. The van der Waals surface area contributed by atoms with Crippen LogP contribution >= 0.6 is 11.6 Å². The number of nitrogens with zero attached hydrogens (tertiary/aromatic N) is 3. The minimum Gasteiger partial charge on any atom is -0.337 e. The van der Waals surface area contributed by atoms with Gasteiger partial charge < -0.3 is 4.90 Å². The lowest BCUT2D eigenvalue weighted by Gasteiger charge is -2.35. The highest BCUT2D eigenvalue weighted by molar-refractivity contribution is 6.33. The molecule has 4 nitrogen and oxygen atoms in total. The maximum absolute atomic E-state index is 12.4. The number of aryl methyl sites for hydroxylation is 1. The topological polar surface area (TPSA) is 38.1 Å². The Morgan fingerprint density at radius 3 is 2.47 bits per heavy atom. The number of hydrogen-bond acceptors (Lipinski definition) is 2. The van der Waals surface area contributed by atoms with Crippen molar-refractivity contribution < 1.29 is 4.79 Å². The number of carbonyl (C=O) groups excluding carboxylic acids is 1. The van der Waals surface area contributed by atoms with Gasteiger partial charge in [-0.05, 0) is 18.3 Å². The van der Waals surface area contributed by atoms with Crippen LogP contribution in [0, 0.1) is 11.8 Å². The van der Waals surface area contributed by atoms with Gasteiger partial charge in [-0.15, -0.1) is 0 Å². The van der Waals surface area contributed by atoms with Crippen LogP contribution in [-0.2, 0) is 7.05 Å². The average Bonchev–Trinajstić information content (AvgIpc) is 2.56. The number of amides is 1. The van der Waals surface area contributed by atoms with Crippen molar-refractivity contribution in [3.05, 3.63) is 16.9 Å². The van der Waals surface area contributed by atoms with E-state index in [1.807, 2.05) is 4.90 Å².